The Labute approximate surface area is 187 Å². The third-order valence-corrected chi connectivity index (χ3v) is 5.57. The van der Waals surface area contributed by atoms with Gasteiger partial charge in [-0.3, -0.25) is 4.79 Å². The third kappa shape index (κ3) is 4.06. The molecule has 5 rings (SSSR count). The molecular formula is C23H18N6O2S. The van der Waals surface area contributed by atoms with Gasteiger partial charge in [-0.05, 0) is 68.4 Å². The predicted octanol–water partition coefficient (Wildman–Crippen LogP) is 4.93. The molecule has 0 saturated heterocycles. The van der Waals surface area contributed by atoms with Gasteiger partial charge in [0.2, 0.25) is 5.88 Å². The Bertz CT molecular complexity index is 1410. The quantitative estimate of drug-likeness (QED) is 0.415. The lowest BCUT2D eigenvalue weighted by atomic mass is 10.2. The SMILES string of the molecule is Cc1cc(C)n(-c2ccc(Oc3ccc(NC(=O)c4ccc5ncsc5c4)cc3)nn2)n1. The van der Waals surface area contributed by atoms with E-state index in [4.69, 9.17) is 4.74 Å². The minimum Gasteiger partial charge on any atom is -0.438 e. The largest absolute Gasteiger partial charge is 0.438 e. The van der Waals surface area contributed by atoms with Gasteiger partial charge in [0, 0.05) is 23.0 Å². The number of fused-ring (bicyclic) bond motifs is 1. The highest BCUT2D eigenvalue weighted by Crippen LogP contribution is 2.23. The van der Waals surface area contributed by atoms with E-state index < -0.39 is 0 Å². The van der Waals surface area contributed by atoms with Gasteiger partial charge in [0.1, 0.15) is 5.75 Å². The standard InChI is InChI=1S/C23H18N6O2S/c1-14-11-15(2)29(28-14)21-9-10-22(27-26-21)31-18-6-4-17(5-7-18)25-23(30)16-3-8-19-20(12-16)32-13-24-19/h3-13H,1-2H3,(H,25,30). The summed E-state index contributed by atoms with van der Waals surface area (Å²) < 4.78 is 8.48. The smallest absolute Gasteiger partial charge is 0.255 e. The van der Waals surface area contributed by atoms with Crippen LogP contribution in [0.25, 0.3) is 16.0 Å². The molecule has 0 fully saturated rings. The van der Waals surface area contributed by atoms with Crippen LogP contribution in [0.4, 0.5) is 5.69 Å². The number of aromatic nitrogens is 5. The number of carbonyl (C=O) groups excluding carboxylic acids is 1. The molecule has 8 nitrogen and oxygen atoms in total. The van der Waals surface area contributed by atoms with Gasteiger partial charge >= 0.3 is 0 Å². The molecule has 5 aromatic rings. The Hall–Kier alpha value is -4.11. The number of anilines is 1. The number of amides is 1. The summed E-state index contributed by atoms with van der Waals surface area (Å²) in [5, 5.41) is 15.6. The highest BCUT2D eigenvalue weighted by molar-refractivity contribution is 7.16. The Morgan fingerprint density at radius 2 is 1.84 bits per heavy atom. The number of nitrogens with one attached hydrogen (secondary N) is 1. The highest BCUT2D eigenvalue weighted by Gasteiger charge is 2.09. The van der Waals surface area contributed by atoms with E-state index in [0.717, 1.165) is 21.6 Å². The van der Waals surface area contributed by atoms with Crippen LogP contribution >= 0.6 is 11.3 Å². The van der Waals surface area contributed by atoms with Crippen molar-refractivity contribution in [1.29, 1.82) is 0 Å². The van der Waals surface area contributed by atoms with Crippen molar-refractivity contribution in [3.8, 4) is 17.4 Å². The second-order valence-electron chi connectivity index (χ2n) is 7.18. The van der Waals surface area contributed by atoms with Crippen LogP contribution in [0.2, 0.25) is 0 Å². The summed E-state index contributed by atoms with van der Waals surface area (Å²) in [5.74, 6) is 1.39. The van der Waals surface area contributed by atoms with Gasteiger partial charge in [-0.25, -0.2) is 9.67 Å². The van der Waals surface area contributed by atoms with Crippen molar-refractivity contribution in [3.05, 3.63) is 83.1 Å². The van der Waals surface area contributed by atoms with Crippen LogP contribution < -0.4 is 10.1 Å². The van der Waals surface area contributed by atoms with E-state index in [1.54, 1.807) is 52.7 Å². The summed E-state index contributed by atoms with van der Waals surface area (Å²) in [5.41, 5.74) is 5.80. The number of nitrogens with zero attached hydrogens (tertiary/aromatic N) is 5. The fourth-order valence-electron chi connectivity index (χ4n) is 3.27. The summed E-state index contributed by atoms with van der Waals surface area (Å²) >= 11 is 1.51. The lowest BCUT2D eigenvalue weighted by Crippen LogP contribution is -2.11. The molecule has 0 aliphatic carbocycles. The summed E-state index contributed by atoms with van der Waals surface area (Å²) in [6.45, 7) is 3.89. The Kier molecular flexibility index (Phi) is 5.08. The Morgan fingerprint density at radius 3 is 2.56 bits per heavy atom. The number of ether oxygens (including phenoxy) is 1. The van der Waals surface area contributed by atoms with Gasteiger partial charge in [0.15, 0.2) is 5.82 Å². The van der Waals surface area contributed by atoms with Crippen LogP contribution in [-0.2, 0) is 0 Å². The van der Waals surface area contributed by atoms with Crippen LogP contribution in [0, 0.1) is 13.8 Å². The fraction of sp³-hybridized carbons (Fsp3) is 0.0870. The molecule has 0 spiro atoms. The van der Waals surface area contributed by atoms with Gasteiger partial charge in [-0.1, -0.05) is 0 Å². The summed E-state index contributed by atoms with van der Waals surface area (Å²) in [6, 6.07) is 18.0. The van der Waals surface area contributed by atoms with Crippen molar-refractivity contribution in [2.24, 2.45) is 0 Å². The Morgan fingerprint density at radius 1 is 1.00 bits per heavy atom. The van der Waals surface area contributed by atoms with E-state index in [1.807, 2.05) is 32.0 Å². The highest BCUT2D eigenvalue weighted by atomic mass is 32.1. The average molecular weight is 443 g/mol. The molecule has 32 heavy (non-hydrogen) atoms. The Balaban J connectivity index is 1.24. The average Bonchev–Trinajstić information content (AvgIpc) is 3.40. The van der Waals surface area contributed by atoms with Crippen molar-refractivity contribution < 1.29 is 9.53 Å². The second-order valence-corrected chi connectivity index (χ2v) is 8.07. The molecule has 0 radical (unpaired) electrons. The van der Waals surface area contributed by atoms with E-state index in [9.17, 15) is 4.79 Å². The first-order chi connectivity index (χ1) is 15.5. The van der Waals surface area contributed by atoms with Gasteiger partial charge in [-0.2, -0.15) is 5.10 Å². The van der Waals surface area contributed by atoms with Crippen molar-refractivity contribution in [2.75, 3.05) is 5.32 Å². The van der Waals surface area contributed by atoms with Crippen molar-refractivity contribution in [3.63, 3.8) is 0 Å². The molecule has 1 amide bonds. The van der Waals surface area contributed by atoms with Gasteiger partial charge in [0.25, 0.3) is 5.91 Å². The number of thiazole rings is 1. The van der Waals surface area contributed by atoms with Gasteiger partial charge in [0.05, 0.1) is 21.4 Å². The molecule has 0 atom stereocenters. The number of aryl methyl sites for hydroxylation is 2. The lowest BCUT2D eigenvalue weighted by molar-refractivity contribution is 0.102. The fourth-order valence-corrected chi connectivity index (χ4v) is 3.98. The third-order valence-electron chi connectivity index (χ3n) is 4.78. The van der Waals surface area contributed by atoms with E-state index in [1.165, 1.54) is 11.3 Å². The second kappa shape index (κ2) is 8.20. The first-order valence-corrected chi connectivity index (χ1v) is 10.7. The van der Waals surface area contributed by atoms with Crippen LogP contribution in [-0.4, -0.2) is 30.9 Å². The summed E-state index contributed by atoms with van der Waals surface area (Å²) in [6.07, 6.45) is 0. The predicted molar refractivity (Wildman–Crippen MR) is 123 cm³/mol. The number of hydrogen-bond acceptors (Lipinski definition) is 7. The minimum absolute atomic E-state index is 0.181. The molecule has 0 saturated carbocycles. The topological polar surface area (TPSA) is 94.8 Å². The molecular weight excluding hydrogens is 424 g/mol. The molecule has 9 heteroatoms. The molecule has 3 aromatic heterocycles. The minimum atomic E-state index is -0.181. The van der Waals surface area contributed by atoms with Crippen LogP contribution in [0.5, 0.6) is 11.6 Å². The normalized spacial score (nSPS) is 10.9. The van der Waals surface area contributed by atoms with Crippen molar-refractivity contribution in [2.45, 2.75) is 13.8 Å². The zero-order valence-electron chi connectivity index (χ0n) is 17.3. The number of hydrogen-bond donors (Lipinski definition) is 1. The summed E-state index contributed by atoms with van der Waals surface area (Å²) in [7, 11) is 0. The van der Waals surface area contributed by atoms with E-state index in [-0.39, 0.29) is 5.91 Å². The molecule has 3 heterocycles. The number of carbonyl (C=O) groups is 1. The van der Waals surface area contributed by atoms with Crippen LogP contribution in [0.15, 0.2) is 66.2 Å². The first kappa shape index (κ1) is 19.8. The van der Waals surface area contributed by atoms with Crippen LogP contribution in [0.3, 0.4) is 0 Å². The van der Waals surface area contributed by atoms with Crippen LogP contribution in [0.1, 0.15) is 21.7 Å². The van der Waals surface area contributed by atoms with E-state index in [0.29, 0.717) is 28.7 Å². The maximum atomic E-state index is 12.5. The zero-order chi connectivity index (χ0) is 22.1. The molecule has 158 valence electrons. The van der Waals surface area contributed by atoms with Crippen molar-refractivity contribution >= 4 is 33.1 Å². The van der Waals surface area contributed by atoms with E-state index >= 15 is 0 Å². The lowest BCUT2D eigenvalue weighted by Gasteiger charge is -2.08. The maximum absolute atomic E-state index is 12.5. The number of rotatable bonds is 5. The number of benzene rings is 2. The van der Waals surface area contributed by atoms with Gasteiger partial charge in [-0.15, -0.1) is 21.5 Å². The summed E-state index contributed by atoms with van der Waals surface area (Å²) in [4.78, 5) is 16.8. The molecule has 0 bridgehead atoms. The zero-order valence-corrected chi connectivity index (χ0v) is 18.1. The maximum Gasteiger partial charge on any atom is 0.255 e. The molecule has 0 unspecified atom stereocenters. The molecule has 0 aliphatic heterocycles. The molecule has 0 aliphatic rings. The van der Waals surface area contributed by atoms with E-state index in [2.05, 4.69) is 25.6 Å². The molecule has 1 N–H and O–H groups in total. The molecule has 2 aromatic carbocycles. The van der Waals surface area contributed by atoms with Gasteiger partial charge < -0.3 is 10.1 Å². The first-order valence-electron chi connectivity index (χ1n) is 9.85. The monoisotopic (exact) mass is 442 g/mol. The van der Waals surface area contributed by atoms with Crippen molar-refractivity contribution in [1.82, 2.24) is 25.0 Å².